The van der Waals surface area contributed by atoms with E-state index in [1.807, 2.05) is 66.7 Å². The number of hydrogen-bond acceptors (Lipinski definition) is 20. The summed E-state index contributed by atoms with van der Waals surface area (Å²) in [6.45, 7) is 9.83. The topological polar surface area (TPSA) is 440 Å². The summed E-state index contributed by atoms with van der Waals surface area (Å²) in [5.41, 5.74) is 8.26. The Morgan fingerprint density at radius 1 is 0.651 bits per heavy atom. The van der Waals surface area contributed by atoms with Crippen LogP contribution >= 0.6 is 21.6 Å². The number of alkyl carbamates (subject to hydrolysis) is 1. The number of hydrogen-bond donors (Lipinski definition) is 13. The number of unbranched alkanes of at least 4 members (excludes halogenated alkanes) is 1. The largest absolute Gasteiger partial charge is 0.508 e. The molecular weight excluding hydrogens is 1410 g/mol. The minimum absolute atomic E-state index is 0.0387. The lowest BCUT2D eigenvalue weighted by molar-refractivity contribution is -0.137. The molecule has 13 amide bonds. The van der Waals surface area contributed by atoms with E-state index < -0.39 is 143 Å². The summed E-state index contributed by atoms with van der Waals surface area (Å²) < 4.78 is 16.6. The second-order valence-corrected chi connectivity index (χ2v) is 29.6. The number of phenols is 1. The molecular formula is C74H96N12O18S2. The van der Waals surface area contributed by atoms with Gasteiger partial charge in [-0.2, -0.15) is 0 Å². The predicted octanol–water partition coefficient (Wildman–Crippen LogP) is 1.71. The number of nitrogens with zero attached hydrogens (tertiary/aromatic N) is 1. The number of imide groups is 1. The van der Waals surface area contributed by atoms with Gasteiger partial charge in [-0.3, -0.25) is 62.4 Å². The van der Waals surface area contributed by atoms with Gasteiger partial charge < -0.3 is 83.3 Å². The molecule has 4 aromatic rings. The van der Waals surface area contributed by atoms with Crippen LogP contribution < -0.4 is 58.9 Å². The number of primary amides is 1. The van der Waals surface area contributed by atoms with Gasteiger partial charge >= 0.3 is 6.09 Å². The highest BCUT2D eigenvalue weighted by Crippen LogP contribution is 2.31. The first kappa shape index (κ1) is 83.4. The van der Waals surface area contributed by atoms with Crippen molar-refractivity contribution in [2.45, 2.75) is 159 Å². The van der Waals surface area contributed by atoms with Crippen molar-refractivity contribution < 1.29 is 86.8 Å². The first-order valence-corrected chi connectivity index (χ1v) is 37.6. The van der Waals surface area contributed by atoms with Crippen LogP contribution in [-0.4, -0.2) is 210 Å². The molecule has 30 nitrogen and oxygen atoms in total. The van der Waals surface area contributed by atoms with E-state index in [-0.39, 0.29) is 115 Å². The molecule has 14 N–H and O–H groups in total. The van der Waals surface area contributed by atoms with E-state index >= 15 is 19.2 Å². The number of carbonyl (C=O) groups excluding carboxylic acids is 13. The molecule has 0 spiro atoms. The van der Waals surface area contributed by atoms with Gasteiger partial charge in [0.25, 0.3) is 11.8 Å². The molecule has 1 aliphatic carbocycles. The zero-order chi connectivity index (χ0) is 77.0. The van der Waals surface area contributed by atoms with Crippen LogP contribution in [-0.2, 0) is 91.0 Å². The molecule has 32 heteroatoms. The van der Waals surface area contributed by atoms with E-state index in [0.29, 0.717) is 23.1 Å². The van der Waals surface area contributed by atoms with Gasteiger partial charge in [-0.05, 0) is 110 Å². The predicted molar refractivity (Wildman–Crippen MR) is 396 cm³/mol. The van der Waals surface area contributed by atoms with Gasteiger partial charge in [0.15, 0.2) is 0 Å². The number of carbonyl (C=O) groups is 13. The summed E-state index contributed by atoms with van der Waals surface area (Å²) in [5, 5.41) is 49.8. The fourth-order valence-corrected chi connectivity index (χ4v) is 13.8. The van der Waals surface area contributed by atoms with Crippen LogP contribution in [0.2, 0.25) is 0 Å². The smallest absolute Gasteiger partial charge is 0.407 e. The van der Waals surface area contributed by atoms with E-state index in [1.54, 1.807) is 40.7 Å². The maximum Gasteiger partial charge on any atom is 0.407 e. The Bertz CT molecular complexity index is 3850. The lowest BCUT2D eigenvalue weighted by atomic mass is 9.97. The molecule has 106 heavy (non-hydrogen) atoms. The monoisotopic (exact) mass is 1500 g/mol. The van der Waals surface area contributed by atoms with Crippen LogP contribution in [0.15, 0.2) is 109 Å². The van der Waals surface area contributed by atoms with Gasteiger partial charge in [-0.1, -0.05) is 120 Å². The maximum atomic E-state index is 15.4. The van der Waals surface area contributed by atoms with Crippen molar-refractivity contribution in [3.05, 3.63) is 131 Å². The molecule has 9 atom stereocenters. The highest BCUT2D eigenvalue weighted by atomic mass is 33.1. The molecule has 0 bridgehead atoms. The van der Waals surface area contributed by atoms with Crippen molar-refractivity contribution in [1.82, 2.24) is 58.1 Å². The number of ether oxygens (including phenoxy) is 3. The number of nitrogens with two attached hydrogens (primary N) is 1. The maximum absolute atomic E-state index is 15.4. The molecule has 4 aromatic carbocycles. The highest BCUT2D eigenvalue weighted by Gasteiger charge is 2.38. The summed E-state index contributed by atoms with van der Waals surface area (Å²) in [7, 11) is 1.87. The fourth-order valence-electron chi connectivity index (χ4n) is 11.5. The minimum Gasteiger partial charge on any atom is -0.508 e. The van der Waals surface area contributed by atoms with E-state index in [9.17, 15) is 53.4 Å². The number of aliphatic hydroxyl groups is 1. The number of aliphatic hydroxyl groups excluding tert-OH is 1. The SMILES string of the molecule is CC(C)[C@@H]1NC(=O)[C@H](CCCCNC(=O)OC(C)(C)C)NC(=O)[C@@H](CC2=CCc3ccccc32)NC(=O)[C@H](Cc2ccc(O)cc2)NC(=O)[C@@H](NC(=O)[C@@H](Cc2ccc3ccccc3c2)NC(=O)CCOCCOCCNC(=O)CCN2C(=O)C=CC2=O)CSSC[C@H](C(=O)N[C@H](C(N)=O)[C@@H](C)O)NC1=O. The van der Waals surface area contributed by atoms with Gasteiger partial charge in [0.1, 0.15) is 59.7 Å². The molecule has 0 aromatic heterocycles. The average molecular weight is 1510 g/mol. The number of allylic oxidation sites excluding steroid dienone is 1. The van der Waals surface area contributed by atoms with Crippen molar-refractivity contribution >= 4 is 115 Å². The summed E-state index contributed by atoms with van der Waals surface area (Å²) >= 11 is 0. The van der Waals surface area contributed by atoms with Crippen LogP contribution in [0.1, 0.15) is 102 Å². The quantitative estimate of drug-likeness (QED) is 0.0194. The average Bonchev–Trinajstić information content (AvgIpc) is 1.70. The Hall–Kier alpha value is -9.89. The van der Waals surface area contributed by atoms with Crippen LogP contribution in [0.25, 0.3) is 16.3 Å². The van der Waals surface area contributed by atoms with Crippen molar-refractivity contribution in [3.8, 4) is 5.75 Å². The number of amides is 13. The first-order valence-electron chi connectivity index (χ1n) is 35.1. The third-order valence-corrected chi connectivity index (χ3v) is 19.6. The zero-order valence-electron chi connectivity index (χ0n) is 60.2. The lowest BCUT2D eigenvalue weighted by Gasteiger charge is -2.30. The number of phenolic OH excluding ortho intramolecular Hbond substituents is 1. The minimum atomic E-state index is -1.64. The van der Waals surface area contributed by atoms with Crippen molar-refractivity contribution in [2.75, 3.05) is 57.6 Å². The number of fused-ring (bicyclic) bond motifs is 2. The summed E-state index contributed by atoms with van der Waals surface area (Å²) in [5.74, 6) is -10.8. The Labute approximate surface area is 622 Å². The Morgan fingerprint density at radius 2 is 1.28 bits per heavy atom. The van der Waals surface area contributed by atoms with Crippen LogP contribution in [0.5, 0.6) is 5.75 Å². The molecule has 3 aliphatic rings. The molecule has 0 radical (unpaired) electrons. The molecule has 1 fully saturated rings. The van der Waals surface area contributed by atoms with Crippen LogP contribution in [0.3, 0.4) is 0 Å². The fraction of sp³-hybridized carbons (Fsp3) is 0.473. The molecule has 572 valence electrons. The second-order valence-electron chi connectivity index (χ2n) is 27.1. The Morgan fingerprint density at radius 3 is 1.97 bits per heavy atom. The van der Waals surface area contributed by atoms with E-state index in [4.69, 9.17) is 19.9 Å². The molecule has 7 rings (SSSR count). The number of aromatic hydroxyl groups is 1. The third kappa shape index (κ3) is 26.9. The van der Waals surface area contributed by atoms with Gasteiger partial charge in [-0.15, -0.1) is 0 Å². The van der Waals surface area contributed by atoms with Gasteiger partial charge in [0.2, 0.25) is 59.1 Å². The molecule has 2 aliphatic heterocycles. The van der Waals surface area contributed by atoms with Gasteiger partial charge in [0, 0.05) is 75.4 Å². The van der Waals surface area contributed by atoms with Crippen LogP contribution in [0.4, 0.5) is 4.79 Å². The van der Waals surface area contributed by atoms with Crippen molar-refractivity contribution in [2.24, 2.45) is 11.7 Å². The Kier molecular flexibility index (Phi) is 32.4. The number of benzene rings is 4. The lowest BCUT2D eigenvalue weighted by Crippen LogP contribution is -2.62. The molecule has 0 saturated carbocycles. The van der Waals surface area contributed by atoms with Gasteiger partial charge in [0.05, 0.1) is 32.5 Å². The van der Waals surface area contributed by atoms with E-state index in [0.717, 1.165) is 60.5 Å². The Balaban J connectivity index is 1.19. The first-order chi connectivity index (χ1) is 50.5. The van der Waals surface area contributed by atoms with E-state index in [1.165, 1.54) is 31.2 Å². The molecule has 2 heterocycles. The number of nitrogens with one attached hydrogen (secondary N) is 10. The number of rotatable bonds is 31. The standard InChI is InChI=1S/C74H96N12O18S2/c1-43(2)63-72(100)83-58(71(99)85-64(44(3)87)65(75)93)42-106-105-41-57(82-67(95)54(39-46-18-21-47-13-7-8-15-49(47)37-46)78-60(90)29-33-102-35-36-103-34-31-76-59(89)28-32-86-61(91)26-27-62(86)92)70(98)80-55(38-45-19-24-51(88)25-20-45)68(96)81-56(40-50-23-22-48-14-9-10-16-52(48)50)69(97)79-53(66(94)84-63)17-11-12-30-77-73(101)104-74(4,5)6/h7-10,13-16,18-21,23-27,37,43-44,53-58,63-64,87-88H,11-12,17,22,28-36,38-42H2,1-6H3,(H2,75,93)(H,76,89)(H,77,101)(H,78,90)(H,79,97)(H,80,98)(H,81,96)(H,82,95)(H,83,100)(H,84,94)(H,85,99)/t44-,53+,54-,55+,56-,57+,58-,63+,64+/m1/s1. The third-order valence-electron chi connectivity index (χ3n) is 17.2. The molecule has 0 unspecified atom stereocenters. The summed E-state index contributed by atoms with van der Waals surface area (Å²) in [6.07, 6.45) is 2.06. The summed E-state index contributed by atoms with van der Waals surface area (Å²) in [4.78, 5) is 181. The van der Waals surface area contributed by atoms with Crippen molar-refractivity contribution in [3.63, 3.8) is 0 Å². The van der Waals surface area contributed by atoms with Gasteiger partial charge in [-0.25, -0.2) is 4.79 Å². The van der Waals surface area contributed by atoms with Crippen LogP contribution in [0, 0.1) is 5.92 Å². The normalized spacial score (nSPS) is 19.9. The molecule has 1 saturated heterocycles. The summed E-state index contributed by atoms with van der Waals surface area (Å²) in [6, 6.07) is 14.2. The van der Waals surface area contributed by atoms with E-state index in [2.05, 4.69) is 53.2 Å². The van der Waals surface area contributed by atoms with Crippen molar-refractivity contribution in [1.29, 1.82) is 0 Å². The zero-order valence-corrected chi connectivity index (χ0v) is 61.8. The highest BCUT2D eigenvalue weighted by molar-refractivity contribution is 8.76. The second kappa shape index (κ2) is 41.1.